The molecule has 0 bridgehead atoms. The first-order valence-corrected chi connectivity index (χ1v) is 6.47. The number of nitrogens with zero attached hydrogens (tertiary/aromatic N) is 3. The van der Waals surface area contributed by atoms with E-state index in [2.05, 4.69) is 15.3 Å². The zero-order valence-electron chi connectivity index (χ0n) is 11.9. The van der Waals surface area contributed by atoms with Gasteiger partial charge in [0, 0.05) is 6.92 Å². The van der Waals surface area contributed by atoms with Crippen molar-refractivity contribution in [2.24, 2.45) is 0 Å². The van der Waals surface area contributed by atoms with Crippen LogP contribution in [0.15, 0.2) is 6.33 Å². The third kappa shape index (κ3) is 3.61. The number of anilines is 2. The molecule has 126 valence electrons. The summed E-state index contributed by atoms with van der Waals surface area (Å²) >= 11 is 0. The monoisotopic (exact) mass is 329 g/mol. The molecule has 0 spiro atoms. The highest BCUT2D eigenvalue weighted by Gasteiger charge is 2.44. The van der Waals surface area contributed by atoms with Crippen LogP contribution in [0.1, 0.15) is 6.92 Å². The summed E-state index contributed by atoms with van der Waals surface area (Å²) in [5.41, 5.74) is 4.84. The second-order valence-electron chi connectivity index (χ2n) is 4.74. The maximum atomic E-state index is 11.0. The lowest BCUT2D eigenvalue weighted by atomic mass is 10.1. The summed E-state index contributed by atoms with van der Waals surface area (Å²) in [5.74, 6) is -1.21. The van der Waals surface area contributed by atoms with Crippen molar-refractivity contribution in [3.05, 3.63) is 16.4 Å². The van der Waals surface area contributed by atoms with Gasteiger partial charge in [-0.3, -0.25) is 14.9 Å². The molecule has 1 aliphatic rings. The van der Waals surface area contributed by atoms with E-state index in [-0.39, 0.29) is 18.2 Å². The molecule has 1 fully saturated rings. The van der Waals surface area contributed by atoms with Gasteiger partial charge < -0.3 is 30.7 Å². The van der Waals surface area contributed by atoms with Crippen molar-refractivity contribution in [3.8, 4) is 0 Å². The zero-order chi connectivity index (χ0) is 17.1. The van der Waals surface area contributed by atoms with Gasteiger partial charge in [-0.2, -0.15) is 0 Å². The predicted octanol–water partition coefficient (Wildman–Crippen LogP) is -1.61. The van der Waals surface area contributed by atoms with E-state index in [4.69, 9.17) is 15.2 Å². The molecule has 2 rings (SSSR count). The van der Waals surface area contributed by atoms with Gasteiger partial charge in [-0.15, -0.1) is 0 Å². The minimum Gasteiger partial charge on any atom is -0.463 e. The van der Waals surface area contributed by atoms with E-state index < -0.39 is 41.1 Å². The Hall–Kier alpha value is -2.57. The van der Waals surface area contributed by atoms with Crippen LogP contribution in [0.3, 0.4) is 0 Å². The lowest BCUT2D eigenvalue weighted by Crippen LogP contribution is -2.37. The molecular formula is C11H15N5O7. The van der Waals surface area contributed by atoms with Gasteiger partial charge >= 0.3 is 11.7 Å². The van der Waals surface area contributed by atoms with Crippen LogP contribution < -0.4 is 11.1 Å². The number of nitrogens with two attached hydrogens (primary N) is 1. The second kappa shape index (κ2) is 6.68. The number of nitrogen functional groups attached to an aromatic ring is 1. The van der Waals surface area contributed by atoms with Crippen molar-refractivity contribution < 1.29 is 29.4 Å². The van der Waals surface area contributed by atoms with Crippen molar-refractivity contribution >= 4 is 23.3 Å². The minimum absolute atomic E-state index is 0.271. The van der Waals surface area contributed by atoms with E-state index in [0.29, 0.717) is 0 Å². The fourth-order valence-electron chi connectivity index (χ4n) is 2.02. The van der Waals surface area contributed by atoms with E-state index in [0.717, 1.165) is 6.33 Å². The van der Waals surface area contributed by atoms with Gasteiger partial charge in [0.25, 0.3) is 0 Å². The van der Waals surface area contributed by atoms with Gasteiger partial charge in [-0.25, -0.2) is 9.97 Å². The van der Waals surface area contributed by atoms with Crippen LogP contribution in [-0.4, -0.2) is 62.2 Å². The van der Waals surface area contributed by atoms with Crippen LogP contribution in [0.4, 0.5) is 17.3 Å². The molecule has 0 aromatic carbocycles. The second-order valence-corrected chi connectivity index (χ2v) is 4.74. The maximum absolute atomic E-state index is 11.0. The van der Waals surface area contributed by atoms with Gasteiger partial charge in [0.1, 0.15) is 31.2 Å². The average molecular weight is 329 g/mol. The molecule has 1 aliphatic heterocycles. The van der Waals surface area contributed by atoms with E-state index >= 15 is 0 Å². The van der Waals surface area contributed by atoms with Crippen LogP contribution in [-0.2, 0) is 14.3 Å². The fraction of sp³-hybridized carbons (Fsp3) is 0.545. The summed E-state index contributed by atoms with van der Waals surface area (Å²) < 4.78 is 10.0. The number of ether oxygens (including phenoxy) is 2. The Bertz CT molecular complexity index is 612. The molecule has 0 saturated carbocycles. The third-order valence-corrected chi connectivity index (χ3v) is 3.13. The maximum Gasteiger partial charge on any atom is 0.353 e. The van der Waals surface area contributed by atoms with Crippen molar-refractivity contribution in [2.45, 2.75) is 31.5 Å². The Morgan fingerprint density at radius 1 is 1.52 bits per heavy atom. The van der Waals surface area contributed by atoms with Gasteiger partial charge in [-0.05, 0) is 0 Å². The Kier molecular flexibility index (Phi) is 4.88. The number of hydrogen-bond donors (Lipinski definition) is 4. The van der Waals surface area contributed by atoms with Crippen LogP contribution >= 0.6 is 0 Å². The molecule has 23 heavy (non-hydrogen) atoms. The van der Waals surface area contributed by atoms with Crippen molar-refractivity contribution in [3.63, 3.8) is 0 Å². The van der Waals surface area contributed by atoms with Crippen LogP contribution in [0, 0.1) is 10.1 Å². The normalized spacial score (nSPS) is 26.7. The van der Waals surface area contributed by atoms with Crippen molar-refractivity contribution in [1.29, 1.82) is 0 Å². The number of carbonyl (C=O) groups is 1. The Morgan fingerprint density at radius 3 is 2.83 bits per heavy atom. The van der Waals surface area contributed by atoms with Gasteiger partial charge in [0.15, 0.2) is 6.23 Å². The minimum atomic E-state index is -1.42. The first-order valence-electron chi connectivity index (χ1n) is 6.47. The number of nitrogens with one attached hydrogen (secondary N) is 1. The summed E-state index contributed by atoms with van der Waals surface area (Å²) in [5, 5.41) is 33.3. The molecule has 1 saturated heterocycles. The largest absolute Gasteiger partial charge is 0.463 e. The van der Waals surface area contributed by atoms with Gasteiger partial charge in [0.2, 0.25) is 11.6 Å². The van der Waals surface area contributed by atoms with Crippen molar-refractivity contribution in [2.75, 3.05) is 17.7 Å². The Balaban J connectivity index is 2.13. The molecule has 0 amide bonds. The SMILES string of the molecule is CC(=O)OC[C@H]1OC(Nc2ncnc(N)c2[N+](=O)[O-])[C@H](O)[C@@H]1O. The lowest BCUT2D eigenvalue weighted by molar-refractivity contribution is -0.383. The number of hydrogen-bond acceptors (Lipinski definition) is 11. The first kappa shape index (κ1) is 16.8. The summed E-state index contributed by atoms with van der Waals surface area (Å²) in [6.07, 6.45) is -3.99. The van der Waals surface area contributed by atoms with Crippen LogP contribution in [0.5, 0.6) is 0 Å². The predicted molar refractivity (Wildman–Crippen MR) is 74.0 cm³/mol. The Morgan fingerprint density at radius 2 is 2.22 bits per heavy atom. The number of nitro groups is 1. The summed E-state index contributed by atoms with van der Waals surface area (Å²) in [4.78, 5) is 28.2. The Labute approximate surface area is 129 Å². The van der Waals surface area contributed by atoms with Gasteiger partial charge in [-0.1, -0.05) is 0 Å². The highest BCUT2D eigenvalue weighted by Crippen LogP contribution is 2.30. The molecule has 12 nitrogen and oxygen atoms in total. The van der Waals surface area contributed by atoms with E-state index in [1.807, 2.05) is 0 Å². The highest BCUT2D eigenvalue weighted by molar-refractivity contribution is 5.67. The summed E-state index contributed by atoms with van der Waals surface area (Å²) in [7, 11) is 0. The number of aliphatic hydroxyl groups excluding tert-OH is 2. The molecule has 4 atom stereocenters. The average Bonchev–Trinajstić information content (AvgIpc) is 2.73. The summed E-state index contributed by atoms with van der Waals surface area (Å²) in [6, 6.07) is 0. The first-order chi connectivity index (χ1) is 10.8. The number of aromatic nitrogens is 2. The van der Waals surface area contributed by atoms with Crippen LogP contribution in [0.2, 0.25) is 0 Å². The molecule has 2 heterocycles. The van der Waals surface area contributed by atoms with Gasteiger partial charge in [0.05, 0.1) is 4.92 Å². The summed E-state index contributed by atoms with van der Waals surface area (Å²) in [6.45, 7) is 0.903. The zero-order valence-corrected chi connectivity index (χ0v) is 11.9. The number of esters is 1. The molecule has 1 aromatic rings. The topological polar surface area (TPSA) is 183 Å². The molecule has 0 aliphatic carbocycles. The molecule has 0 radical (unpaired) electrons. The quantitative estimate of drug-likeness (QED) is 0.277. The highest BCUT2D eigenvalue weighted by atomic mass is 16.6. The van der Waals surface area contributed by atoms with E-state index in [1.165, 1.54) is 6.92 Å². The standard InChI is InChI=1S/C11H15N5O7/c1-4(17)22-2-5-7(18)8(19)11(23-5)15-10-6(16(20)21)9(12)13-3-14-10/h3,5,7-8,11,18-19H,2H2,1H3,(H3,12,13,14,15)/t5-,7-,8-,11?/m1/s1. The van der Waals surface area contributed by atoms with Crippen molar-refractivity contribution in [1.82, 2.24) is 9.97 Å². The lowest BCUT2D eigenvalue weighted by Gasteiger charge is -2.16. The molecule has 1 aromatic heterocycles. The fourth-order valence-corrected chi connectivity index (χ4v) is 2.02. The number of carbonyl (C=O) groups excluding carboxylic acids is 1. The molecular weight excluding hydrogens is 314 g/mol. The number of rotatable bonds is 5. The molecule has 12 heteroatoms. The third-order valence-electron chi connectivity index (χ3n) is 3.13. The van der Waals surface area contributed by atoms with Crippen LogP contribution in [0.25, 0.3) is 0 Å². The molecule has 1 unspecified atom stereocenters. The smallest absolute Gasteiger partial charge is 0.353 e. The number of aliphatic hydroxyl groups is 2. The van der Waals surface area contributed by atoms with E-state index in [1.54, 1.807) is 0 Å². The van der Waals surface area contributed by atoms with E-state index in [9.17, 15) is 25.1 Å². The molecule has 5 N–H and O–H groups in total.